The van der Waals surface area contributed by atoms with Crippen LogP contribution in [0.2, 0.25) is 0 Å². The molecule has 4 aliphatic rings. The first-order valence-electron chi connectivity index (χ1n) is 13.9. The van der Waals surface area contributed by atoms with Gasteiger partial charge in [0.05, 0.1) is 23.7 Å². The molecule has 0 saturated heterocycles. The maximum Gasteiger partial charge on any atom is 0.102 e. The predicted molar refractivity (Wildman–Crippen MR) is 147 cm³/mol. The van der Waals surface area contributed by atoms with Crippen molar-refractivity contribution in [3.63, 3.8) is 0 Å². The molecule has 0 amide bonds. The lowest BCUT2D eigenvalue weighted by Gasteiger charge is -2.44. The van der Waals surface area contributed by atoms with Gasteiger partial charge in [-0.15, -0.1) is 11.3 Å². The van der Waals surface area contributed by atoms with Gasteiger partial charge < -0.3 is 15.3 Å². The molecule has 3 N–H and O–H groups in total. The van der Waals surface area contributed by atoms with Crippen molar-refractivity contribution in [3.05, 3.63) is 63.7 Å². The Morgan fingerprint density at radius 3 is 2.64 bits per heavy atom. The Labute approximate surface area is 220 Å². The van der Waals surface area contributed by atoms with E-state index in [9.17, 15) is 15.3 Å². The first-order valence-corrected chi connectivity index (χ1v) is 14.8. The number of aliphatic hydroxyl groups is 3. The molecular weight excluding hydrogens is 466 g/mol. The van der Waals surface area contributed by atoms with Crippen LogP contribution in [0.3, 0.4) is 0 Å². The predicted octanol–water partition coefficient (Wildman–Crippen LogP) is 6.18. The number of aliphatic hydroxyl groups excluding tert-OH is 3. The molecule has 0 unspecified atom stereocenters. The lowest BCUT2D eigenvalue weighted by Crippen LogP contribution is -2.35. The van der Waals surface area contributed by atoms with Gasteiger partial charge in [-0.3, -0.25) is 0 Å². The van der Waals surface area contributed by atoms with E-state index in [1.807, 2.05) is 6.92 Å². The normalized spacial score (nSPS) is 38.0. The average Bonchev–Trinajstić information content (AvgIpc) is 3.41. The SMILES string of the molecule is C=C1/C(=C/C=C2\CCC[C@]3(C)[C@@H]([C@H](C)/C=C/[C@@H](O)C4(c5nc(C)cs5)CC4)CC[C@@H]23)C[C@@H](O)C[C@@H]1O. The first kappa shape index (κ1) is 26.1. The summed E-state index contributed by atoms with van der Waals surface area (Å²) in [7, 11) is 0. The standard InChI is InChI=1S/C31H43NO3S/c1-19(7-12-28(35)31(14-15-31)29-32-20(2)18-36-29)25-10-11-26-22(6-5-13-30(25,26)4)8-9-23-16-24(33)17-27(34)21(23)3/h7-9,12,18-19,24-28,33-35H,3,5-6,10-11,13-17H2,1-2,4H3/b12-7+,22-8+,23-9+/t19-,24-,25-,26+,27+,28-,30-/m1/s1. The van der Waals surface area contributed by atoms with E-state index >= 15 is 0 Å². The minimum atomic E-state index is -0.636. The van der Waals surface area contributed by atoms with Gasteiger partial charge in [-0.25, -0.2) is 4.98 Å². The number of nitrogens with zero attached hydrogens (tertiary/aromatic N) is 1. The summed E-state index contributed by atoms with van der Waals surface area (Å²) in [6.45, 7) is 10.9. The molecule has 5 heteroatoms. The zero-order chi connectivity index (χ0) is 25.7. The van der Waals surface area contributed by atoms with Gasteiger partial charge >= 0.3 is 0 Å². The van der Waals surface area contributed by atoms with Gasteiger partial charge in [0.2, 0.25) is 0 Å². The number of allylic oxidation sites excluding steroid dienone is 4. The minimum Gasteiger partial charge on any atom is -0.393 e. The van der Waals surface area contributed by atoms with E-state index in [1.54, 1.807) is 11.3 Å². The molecule has 4 fully saturated rings. The molecule has 7 atom stereocenters. The summed E-state index contributed by atoms with van der Waals surface area (Å²) in [4.78, 5) is 4.69. The quantitative estimate of drug-likeness (QED) is 0.401. The second-order valence-corrected chi connectivity index (χ2v) is 13.2. The third kappa shape index (κ3) is 4.73. The molecule has 36 heavy (non-hydrogen) atoms. The van der Waals surface area contributed by atoms with Crippen LogP contribution in [0.5, 0.6) is 0 Å². The Kier molecular flexibility index (Phi) is 7.23. The summed E-state index contributed by atoms with van der Waals surface area (Å²) < 4.78 is 0. The zero-order valence-corrected chi connectivity index (χ0v) is 22.9. The second kappa shape index (κ2) is 9.98. The molecule has 4 aliphatic carbocycles. The van der Waals surface area contributed by atoms with Gasteiger partial charge in [-0.05, 0) is 92.6 Å². The number of aryl methyl sites for hydroxylation is 1. The van der Waals surface area contributed by atoms with E-state index in [0.29, 0.717) is 30.6 Å². The lowest BCUT2D eigenvalue weighted by atomic mass is 9.61. The molecule has 4 nitrogen and oxygen atoms in total. The van der Waals surface area contributed by atoms with Crippen LogP contribution in [-0.2, 0) is 5.41 Å². The summed E-state index contributed by atoms with van der Waals surface area (Å²) in [5, 5.41) is 34.6. The molecule has 0 aliphatic heterocycles. The highest BCUT2D eigenvalue weighted by molar-refractivity contribution is 7.09. The van der Waals surface area contributed by atoms with Crippen molar-refractivity contribution in [1.29, 1.82) is 0 Å². The van der Waals surface area contributed by atoms with Crippen LogP contribution in [-0.4, -0.2) is 38.6 Å². The van der Waals surface area contributed by atoms with Crippen molar-refractivity contribution in [3.8, 4) is 0 Å². The Morgan fingerprint density at radius 1 is 1.17 bits per heavy atom. The largest absolute Gasteiger partial charge is 0.393 e. The van der Waals surface area contributed by atoms with Crippen LogP contribution in [0.4, 0.5) is 0 Å². The molecule has 5 rings (SSSR count). The highest BCUT2D eigenvalue weighted by atomic mass is 32.1. The fourth-order valence-corrected chi connectivity index (χ4v) is 8.65. The molecule has 0 spiro atoms. The van der Waals surface area contributed by atoms with E-state index in [1.165, 1.54) is 31.3 Å². The third-order valence-electron chi connectivity index (χ3n) is 9.93. The topological polar surface area (TPSA) is 73.6 Å². The maximum absolute atomic E-state index is 11.1. The molecule has 0 aromatic carbocycles. The number of hydrogen-bond acceptors (Lipinski definition) is 5. The smallest absolute Gasteiger partial charge is 0.102 e. The Bertz CT molecular complexity index is 1080. The van der Waals surface area contributed by atoms with Crippen LogP contribution in [0.1, 0.15) is 82.3 Å². The highest BCUT2D eigenvalue weighted by Gasteiger charge is 2.53. The Hall–Kier alpha value is -1.53. The summed E-state index contributed by atoms with van der Waals surface area (Å²) in [6, 6.07) is 0. The van der Waals surface area contributed by atoms with E-state index in [4.69, 9.17) is 0 Å². The van der Waals surface area contributed by atoms with Crippen molar-refractivity contribution < 1.29 is 15.3 Å². The average molecular weight is 510 g/mol. The molecule has 0 bridgehead atoms. The number of aromatic nitrogens is 1. The molecule has 4 saturated carbocycles. The fraction of sp³-hybridized carbons (Fsp3) is 0.645. The van der Waals surface area contributed by atoms with Crippen molar-refractivity contribution in [2.75, 3.05) is 0 Å². The van der Waals surface area contributed by atoms with Crippen LogP contribution in [0.25, 0.3) is 0 Å². The first-order chi connectivity index (χ1) is 17.1. The molecule has 196 valence electrons. The number of fused-ring (bicyclic) bond motifs is 1. The summed E-state index contributed by atoms with van der Waals surface area (Å²) >= 11 is 1.69. The van der Waals surface area contributed by atoms with Crippen LogP contribution in [0.15, 0.2) is 53.0 Å². The van der Waals surface area contributed by atoms with Gasteiger partial charge in [0.25, 0.3) is 0 Å². The lowest BCUT2D eigenvalue weighted by molar-refractivity contribution is 0.0862. The van der Waals surface area contributed by atoms with Gasteiger partial charge in [0.15, 0.2) is 0 Å². The van der Waals surface area contributed by atoms with Crippen molar-refractivity contribution in [2.45, 2.75) is 102 Å². The summed E-state index contributed by atoms with van der Waals surface area (Å²) in [6.07, 6.45) is 16.2. The van der Waals surface area contributed by atoms with Gasteiger partial charge in [-0.1, -0.05) is 50.3 Å². The monoisotopic (exact) mass is 509 g/mol. The Morgan fingerprint density at radius 2 is 1.94 bits per heavy atom. The molecular formula is C31H43NO3S. The van der Waals surface area contributed by atoms with E-state index in [-0.39, 0.29) is 10.8 Å². The van der Waals surface area contributed by atoms with Crippen molar-refractivity contribution in [2.24, 2.45) is 23.2 Å². The van der Waals surface area contributed by atoms with Gasteiger partial charge in [0, 0.05) is 17.5 Å². The van der Waals surface area contributed by atoms with Crippen LogP contribution >= 0.6 is 11.3 Å². The Balaban J connectivity index is 1.29. The molecule has 1 aromatic rings. The van der Waals surface area contributed by atoms with E-state index in [2.05, 4.69) is 55.1 Å². The molecule has 0 radical (unpaired) electrons. The number of hydrogen-bond donors (Lipinski definition) is 3. The minimum absolute atomic E-state index is 0.157. The van der Waals surface area contributed by atoms with Crippen molar-refractivity contribution >= 4 is 11.3 Å². The van der Waals surface area contributed by atoms with Crippen molar-refractivity contribution in [1.82, 2.24) is 4.98 Å². The van der Waals surface area contributed by atoms with Crippen LogP contribution < -0.4 is 0 Å². The fourth-order valence-electron chi connectivity index (χ4n) is 7.56. The second-order valence-electron chi connectivity index (χ2n) is 12.3. The van der Waals surface area contributed by atoms with Crippen LogP contribution in [0, 0.1) is 30.1 Å². The summed E-state index contributed by atoms with van der Waals surface area (Å²) in [5.41, 5.74) is 4.43. The van der Waals surface area contributed by atoms with E-state index in [0.717, 1.165) is 41.1 Å². The number of rotatable bonds is 6. The van der Waals surface area contributed by atoms with Gasteiger partial charge in [0.1, 0.15) is 5.01 Å². The highest BCUT2D eigenvalue weighted by Crippen LogP contribution is 2.60. The van der Waals surface area contributed by atoms with E-state index < -0.39 is 18.3 Å². The molecule has 1 aromatic heterocycles. The third-order valence-corrected chi connectivity index (χ3v) is 11.1. The van der Waals surface area contributed by atoms with Gasteiger partial charge in [-0.2, -0.15) is 0 Å². The maximum atomic E-state index is 11.1. The molecule has 1 heterocycles. The summed E-state index contributed by atoms with van der Waals surface area (Å²) in [5.74, 6) is 1.60. The zero-order valence-electron chi connectivity index (χ0n) is 22.1. The number of thiazole rings is 1.